The Kier molecular flexibility index (Phi) is 3.38. The number of primary sulfonamides is 1. The van der Waals surface area contributed by atoms with E-state index in [2.05, 4.69) is 0 Å². The highest BCUT2D eigenvalue weighted by molar-refractivity contribution is 7.89. The number of nitrogens with zero attached hydrogens (tertiary/aromatic N) is 1. The molecule has 8 heteroatoms. The second-order valence-corrected chi connectivity index (χ2v) is 6.16. The van der Waals surface area contributed by atoms with E-state index in [1.807, 2.05) is 4.90 Å². The summed E-state index contributed by atoms with van der Waals surface area (Å²) in [6.07, 6.45) is 0.633. The maximum Gasteiger partial charge on any atom is 0.238 e. The van der Waals surface area contributed by atoms with Gasteiger partial charge in [-0.25, -0.2) is 13.6 Å². The van der Waals surface area contributed by atoms with Crippen molar-refractivity contribution in [2.24, 2.45) is 16.8 Å². The molecule has 1 aromatic rings. The van der Waals surface area contributed by atoms with Gasteiger partial charge in [0.15, 0.2) is 0 Å². The highest BCUT2D eigenvalue weighted by atomic mass is 32.2. The van der Waals surface area contributed by atoms with Gasteiger partial charge in [0.2, 0.25) is 15.9 Å². The predicted octanol–water partition coefficient (Wildman–Crippen LogP) is -0.772. The number of benzene rings is 1. The first-order chi connectivity index (χ1) is 8.79. The van der Waals surface area contributed by atoms with E-state index in [1.54, 1.807) is 0 Å². The Morgan fingerprint density at radius 2 is 2.05 bits per heavy atom. The molecule has 1 aliphatic rings. The number of carbonyl (C=O) groups is 1. The zero-order valence-corrected chi connectivity index (χ0v) is 11.1. The summed E-state index contributed by atoms with van der Waals surface area (Å²) >= 11 is 0. The molecule has 1 atom stereocenters. The van der Waals surface area contributed by atoms with Crippen LogP contribution in [-0.4, -0.2) is 27.4 Å². The van der Waals surface area contributed by atoms with E-state index in [-0.39, 0.29) is 16.7 Å². The fourth-order valence-electron chi connectivity index (χ4n) is 2.19. The van der Waals surface area contributed by atoms with Gasteiger partial charge in [-0.2, -0.15) is 0 Å². The number of rotatable bonds is 3. The van der Waals surface area contributed by atoms with E-state index in [0.29, 0.717) is 30.9 Å². The van der Waals surface area contributed by atoms with Crippen LogP contribution in [0.2, 0.25) is 0 Å². The minimum Gasteiger partial charge on any atom is -0.397 e. The lowest BCUT2D eigenvalue weighted by Crippen LogP contribution is -2.27. The molecule has 1 aromatic carbocycles. The zero-order chi connectivity index (χ0) is 14.2. The van der Waals surface area contributed by atoms with Crippen LogP contribution in [0.1, 0.15) is 6.42 Å². The van der Waals surface area contributed by atoms with Gasteiger partial charge in [-0.05, 0) is 24.6 Å². The third kappa shape index (κ3) is 2.79. The van der Waals surface area contributed by atoms with Crippen LogP contribution in [0, 0.1) is 5.92 Å². The molecule has 1 amide bonds. The summed E-state index contributed by atoms with van der Waals surface area (Å²) in [5.74, 6) is -0.596. The van der Waals surface area contributed by atoms with E-state index in [4.69, 9.17) is 16.6 Å². The van der Waals surface area contributed by atoms with Gasteiger partial charge in [-0.1, -0.05) is 0 Å². The van der Waals surface area contributed by atoms with Crippen LogP contribution in [0.3, 0.4) is 0 Å². The molecule has 0 aliphatic carbocycles. The third-order valence-corrected chi connectivity index (χ3v) is 4.17. The lowest BCUT2D eigenvalue weighted by atomic mass is 10.1. The molecule has 0 bridgehead atoms. The van der Waals surface area contributed by atoms with Gasteiger partial charge in [0, 0.05) is 13.1 Å². The summed E-state index contributed by atoms with van der Waals surface area (Å²) < 4.78 is 22.7. The fourth-order valence-corrected chi connectivity index (χ4v) is 2.72. The monoisotopic (exact) mass is 284 g/mol. The van der Waals surface area contributed by atoms with E-state index in [9.17, 15) is 13.2 Å². The quantitative estimate of drug-likeness (QED) is 0.627. The summed E-state index contributed by atoms with van der Waals surface area (Å²) in [4.78, 5) is 13.0. The molecule has 1 unspecified atom stereocenters. The zero-order valence-electron chi connectivity index (χ0n) is 10.2. The van der Waals surface area contributed by atoms with Crippen molar-refractivity contribution in [1.82, 2.24) is 0 Å². The molecule has 19 heavy (non-hydrogen) atoms. The average molecular weight is 284 g/mol. The third-order valence-electron chi connectivity index (χ3n) is 3.26. The van der Waals surface area contributed by atoms with Gasteiger partial charge >= 0.3 is 0 Å². The normalized spacial score (nSPS) is 19.6. The van der Waals surface area contributed by atoms with E-state index < -0.39 is 10.0 Å². The van der Waals surface area contributed by atoms with E-state index in [0.717, 1.165) is 0 Å². The van der Waals surface area contributed by atoms with Crippen molar-refractivity contribution in [3.8, 4) is 0 Å². The van der Waals surface area contributed by atoms with Crippen molar-refractivity contribution in [3.05, 3.63) is 18.2 Å². The second kappa shape index (κ2) is 4.71. The Morgan fingerprint density at radius 1 is 1.37 bits per heavy atom. The number of anilines is 2. The minimum atomic E-state index is -3.78. The Balaban J connectivity index is 2.33. The van der Waals surface area contributed by atoms with Gasteiger partial charge in [-0.3, -0.25) is 4.79 Å². The summed E-state index contributed by atoms with van der Waals surface area (Å²) in [5, 5.41) is 5.09. The molecule has 0 aromatic heterocycles. The fraction of sp³-hybridized carbons (Fsp3) is 0.364. The van der Waals surface area contributed by atoms with Crippen LogP contribution in [0.15, 0.2) is 23.1 Å². The van der Waals surface area contributed by atoms with Gasteiger partial charge in [-0.15, -0.1) is 0 Å². The Hall–Kier alpha value is -1.80. The maximum absolute atomic E-state index is 11.3. The molecule has 0 spiro atoms. The van der Waals surface area contributed by atoms with Crippen LogP contribution in [0.4, 0.5) is 11.4 Å². The summed E-state index contributed by atoms with van der Waals surface area (Å²) in [7, 11) is -3.78. The maximum atomic E-state index is 11.3. The molecular weight excluding hydrogens is 268 g/mol. The van der Waals surface area contributed by atoms with Gasteiger partial charge in [0.25, 0.3) is 0 Å². The highest BCUT2D eigenvalue weighted by Gasteiger charge is 2.28. The molecule has 1 fully saturated rings. The summed E-state index contributed by atoms with van der Waals surface area (Å²) in [6, 6.07) is 4.27. The molecule has 0 radical (unpaired) electrons. The molecular formula is C11H16N4O3S. The van der Waals surface area contributed by atoms with Crippen molar-refractivity contribution in [1.29, 1.82) is 0 Å². The summed E-state index contributed by atoms with van der Waals surface area (Å²) in [6.45, 7) is 1.04. The SMILES string of the molecule is NC(=O)C1CCN(c2cc(S(N)(=O)=O)ccc2N)C1. The highest BCUT2D eigenvalue weighted by Crippen LogP contribution is 2.30. The first-order valence-electron chi connectivity index (χ1n) is 5.75. The number of carbonyl (C=O) groups excluding carboxylic acids is 1. The van der Waals surface area contributed by atoms with Gasteiger partial charge < -0.3 is 16.4 Å². The molecule has 104 valence electrons. The number of hydrogen-bond acceptors (Lipinski definition) is 5. The number of hydrogen-bond donors (Lipinski definition) is 3. The Labute approximate surface area is 111 Å². The van der Waals surface area contributed by atoms with E-state index in [1.165, 1.54) is 18.2 Å². The van der Waals surface area contributed by atoms with Crippen LogP contribution < -0.4 is 21.5 Å². The molecule has 1 heterocycles. The number of nitrogens with two attached hydrogens (primary N) is 3. The molecule has 6 N–H and O–H groups in total. The lowest BCUT2D eigenvalue weighted by Gasteiger charge is -2.20. The average Bonchev–Trinajstić information content (AvgIpc) is 2.77. The largest absolute Gasteiger partial charge is 0.397 e. The predicted molar refractivity (Wildman–Crippen MR) is 71.7 cm³/mol. The van der Waals surface area contributed by atoms with Crippen LogP contribution in [-0.2, 0) is 14.8 Å². The second-order valence-electron chi connectivity index (χ2n) is 4.60. The number of nitrogen functional groups attached to an aromatic ring is 1. The van der Waals surface area contributed by atoms with Crippen LogP contribution >= 0.6 is 0 Å². The Bertz CT molecular complexity index is 614. The number of primary amides is 1. The smallest absolute Gasteiger partial charge is 0.238 e. The molecule has 1 saturated heterocycles. The van der Waals surface area contributed by atoms with Gasteiger partial charge in [0.05, 0.1) is 22.2 Å². The molecule has 1 aliphatic heterocycles. The van der Waals surface area contributed by atoms with Crippen molar-refractivity contribution in [2.45, 2.75) is 11.3 Å². The van der Waals surface area contributed by atoms with Gasteiger partial charge in [0.1, 0.15) is 0 Å². The Morgan fingerprint density at radius 3 is 2.58 bits per heavy atom. The number of amides is 1. The minimum absolute atomic E-state index is 0.000718. The lowest BCUT2D eigenvalue weighted by molar-refractivity contribution is -0.121. The topological polar surface area (TPSA) is 133 Å². The van der Waals surface area contributed by atoms with Crippen molar-refractivity contribution in [2.75, 3.05) is 23.7 Å². The van der Waals surface area contributed by atoms with Crippen LogP contribution in [0.25, 0.3) is 0 Å². The number of sulfonamides is 1. The molecule has 0 saturated carbocycles. The molecule has 2 rings (SSSR count). The van der Waals surface area contributed by atoms with Crippen LogP contribution in [0.5, 0.6) is 0 Å². The van der Waals surface area contributed by atoms with Crippen molar-refractivity contribution < 1.29 is 13.2 Å². The summed E-state index contributed by atoms with van der Waals surface area (Å²) in [5.41, 5.74) is 12.1. The van der Waals surface area contributed by atoms with Crippen molar-refractivity contribution >= 4 is 27.3 Å². The first-order valence-corrected chi connectivity index (χ1v) is 7.30. The van der Waals surface area contributed by atoms with E-state index >= 15 is 0 Å². The molecule has 7 nitrogen and oxygen atoms in total. The first kappa shape index (κ1) is 13.6. The standard InChI is InChI=1S/C11H16N4O3S/c12-9-2-1-8(19(14,17)18)5-10(9)15-4-3-7(6-15)11(13)16/h1-2,5,7H,3-4,6,12H2,(H2,13,16)(H2,14,17,18). The van der Waals surface area contributed by atoms with Crippen molar-refractivity contribution in [3.63, 3.8) is 0 Å².